The number of carbonyl (C=O) groups is 1. The van der Waals surface area contributed by atoms with Gasteiger partial charge < -0.3 is 15.2 Å². The van der Waals surface area contributed by atoms with Crippen molar-refractivity contribution >= 4 is 5.91 Å². The molecule has 1 fully saturated rings. The van der Waals surface area contributed by atoms with Crippen LogP contribution in [0.3, 0.4) is 0 Å². The molecule has 5 nitrogen and oxygen atoms in total. The third kappa shape index (κ3) is 3.06. The summed E-state index contributed by atoms with van der Waals surface area (Å²) in [5, 5.41) is 6.45. The Morgan fingerprint density at radius 1 is 1.65 bits per heavy atom. The van der Waals surface area contributed by atoms with E-state index in [1.165, 1.54) is 12.8 Å². The second kappa shape index (κ2) is 5.31. The Morgan fingerprint density at radius 2 is 2.47 bits per heavy atom. The average Bonchev–Trinajstić information content (AvgIpc) is 2.72. The van der Waals surface area contributed by atoms with Crippen LogP contribution in [0.1, 0.15) is 36.7 Å². The van der Waals surface area contributed by atoms with Gasteiger partial charge in [0, 0.05) is 25.7 Å². The van der Waals surface area contributed by atoms with Crippen LogP contribution in [0.5, 0.6) is 0 Å². The van der Waals surface area contributed by atoms with Gasteiger partial charge in [-0.3, -0.25) is 4.79 Å². The molecule has 1 aliphatic heterocycles. The lowest BCUT2D eigenvalue weighted by Crippen LogP contribution is -2.47. The van der Waals surface area contributed by atoms with Crippen molar-refractivity contribution in [2.45, 2.75) is 38.3 Å². The maximum atomic E-state index is 11.9. The maximum absolute atomic E-state index is 11.9. The van der Waals surface area contributed by atoms with Crippen molar-refractivity contribution in [3.63, 3.8) is 0 Å². The predicted molar refractivity (Wildman–Crippen MR) is 65.8 cm³/mol. The summed E-state index contributed by atoms with van der Waals surface area (Å²) in [5.74, 6) is -0.0509. The van der Waals surface area contributed by atoms with Gasteiger partial charge in [-0.25, -0.2) is 4.98 Å². The van der Waals surface area contributed by atoms with E-state index in [0.717, 1.165) is 6.42 Å². The fourth-order valence-electron chi connectivity index (χ4n) is 2.28. The molecular formula is C12H20N4O. The van der Waals surface area contributed by atoms with E-state index in [-0.39, 0.29) is 5.91 Å². The number of nitrogens with one attached hydrogen (secondary N) is 2. The minimum Gasteiger partial charge on any atom is -0.349 e. The lowest BCUT2D eigenvalue weighted by Gasteiger charge is -2.28. The third-order valence-electron chi connectivity index (χ3n) is 3.27. The molecule has 94 valence electrons. The highest BCUT2D eigenvalue weighted by molar-refractivity contribution is 5.92. The van der Waals surface area contributed by atoms with Gasteiger partial charge in [-0.2, -0.15) is 0 Å². The molecule has 2 atom stereocenters. The van der Waals surface area contributed by atoms with E-state index in [1.54, 1.807) is 17.1 Å². The second-order valence-electron chi connectivity index (χ2n) is 4.80. The molecule has 2 heterocycles. The Bertz CT molecular complexity index is 388. The summed E-state index contributed by atoms with van der Waals surface area (Å²) in [5.41, 5.74) is 0.605. The number of hydrogen-bond donors (Lipinski definition) is 2. The van der Waals surface area contributed by atoms with E-state index in [1.807, 2.05) is 7.05 Å². The minimum absolute atomic E-state index is 0.0509. The SMILES string of the molecule is CC1CCCC(CNC(=O)c2cncn2C)N1. The fourth-order valence-corrected chi connectivity index (χ4v) is 2.28. The molecule has 1 aliphatic rings. The largest absolute Gasteiger partial charge is 0.349 e. The number of carbonyl (C=O) groups excluding carboxylic acids is 1. The molecule has 0 bridgehead atoms. The number of piperidine rings is 1. The molecular weight excluding hydrogens is 216 g/mol. The molecule has 1 amide bonds. The maximum Gasteiger partial charge on any atom is 0.269 e. The molecule has 2 N–H and O–H groups in total. The van der Waals surface area contributed by atoms with E-state index in [2.05, 4.69) is 22.5 Å². The highest BCUT2D eigenvalue weighted by atomic mass is 16.1. The van der Waals surface area contributed by atoms with Crippen molar-refractivity contribution in [2.75, 3.05) is 6.54 Å². The Balaban J connectivity index is 1.82. The number of aryl methyl sites for hydroxylation is 1. The first kappa shape index (κ1) is 12.1. The molecule has 17 heavy (non-hydrogen) atoms. The lowest BCUT2D eigenvalue weighted by molar-refractivity contribution is 0.0938. The highest BCUT2D eigenvalue weighted by Crippen LogP contribution is 2.11. The average molecular weight is 236 g/mol. The van der Waals surface area contributed by atoms with Crippen molar-refractivity contribution in [3.05, 3.63) is 18.2 Å². The van der Waals surface area contributed by atoms with Crippen molar-refractivity contribution in [2.24, 2.45) is 7.05 Å². The first-order valence-electron chi connectivity index (χ1n) is 6.17. The molecule has 0 aliphatic carbocycles. The van der Waals surface area contributed by atoms with Crippen molar-refractivity contribution in [3.8, 4) is 0 Å². The summed E-state index contributed by atoms with van der Waals surface area (Å²) in [6, 6.07) is 0.957. The number of aromatic nitrogens is 2. The normalized spacial score (nSPS) is 24.6. The first-order valence-corrected chi connectivity index (χ1v) is 6.17. The number of hydrogen-bond acceptors (Lipinski definition) is 3. The molecule has 1 aromatic rings. The quantitative estimate of drug-likeness (QED) is 0.811. The molecule has 0 saturated carbocycles. The van der Waals surface area contributed by atoms with Gasteiger partial charge in [0.2, 0.25) is 0 Å². The van der Waals surface area contributed by atoms with E-state index in [9.17, 15) is 4.79 Å². The Hall–Kier alpha value is -1.36. The topological polar surface area (TPSA) is 59.0 Å². The van der Waals surface area contributed by atoms with Crippen LogP contribution in [-0.4, -0.2) is 34.1 Å². The minimum atomic E-state index is -0.0509. The molecule has 2 unspecified atom stereocenters. The number of amides is 1. The standard InChI is InChI=1S/C12H20N4O/c1-9-4-3-5-10(15-9)6-14-12(17)11-7-13-8-16(11)2/h7-10,15H,3-6H2,1-2H3,(H,14,17). The molecule has 0 spiro atoms. The summed E-state index contributed by atoms with van der Waals surface area (Å²) in [6.45, 7) is 2.88. The van der Waals surface area contributed by atoms with Crippen LogP contribution in [0.25, 0.3) is 0 Å². The monoisotopic (exact) mass is 236 g/mol. The van der Waals surface area contributed by atoms with Gasteiger partial charge in [0.1, 0.15) is 5.69 Å². The summed E-state index contributed by atoms with van der Waals surface area (Å²) in [7, 11) is 1.82. The Labute approximate surface area is 102 Å². The third-order valence-corrected chi connectivity index (χ3v) is 3.27. The zero-order valence-corrected chi connectivity index (χ0v) is 10.4. The molecule has 0 radical (unpaired) electrons. The summed E-state index contributed by atoms with van der Waals surface area (Å²) < 4.78 is 1.73. The van der Waals surface area contributed by atoms with Gasteiger partial charge in [-0.1, -0.05) is 6.42 Å². The van der Waals surface area contributed by atoms with Gasteiger partial charge in [0.15, 0.2) is 0 Å². The van der Waals surface area contributed by atoms with E-state index < -0.39 is 0 Å². The molecule has 2 rings (SSSR count). The molecule has 1 saturated heterocycles. The number of imidazole rings is 1. The molecule has 5 heteroatoms. The second-order valence-corrected chi connectivity index (χ2v) is 4.80. The first-order chi connectivity index (χ1) is 8.16. The van der Waals surface area contributed by atoms with Gasteiger partial charge in [0.05, 0.1) is 12.5 Å². The van der Waals surface area contributed by atoms with Crippen LogP contribution in [0.15, 0.2) is 12.5 Å². The zero-order valence-electron chi connectivity index (χ0n) is 10.4. The van der Waals surface area contributed by atoms with E-state index >= 15 is 0 Å². The Kier molecular flexibility index (Phi) is 3.78. The molecule has 0 aromatic carbocycles. The van der Waals surface area contributed by atoms with E-state index in [4.69, 9.17) is 0 Å². The van der Waals surface area contributed by atoms with Crippen LogP contribution in [0.4, 0.5) is 0 Å². The summed E-state index contributed by atoms with van der Waals surface area (Å²) in [6.07, 6.45) is 6.82. The lowest BCUT2D eigenvalue weighted by atomic mass is 10.00. The van der Waals surface area contributed by atoms with Crippen LogP contribution < -0.4 is 10.6 Å². The van der Waals surface area contributed by atoms with Crippen LogP contribution in [-0.2, 0) is 7.05 Å². The molecule has 1 aromatic heterocycles. The van der Waals surface area contributed by atoms with Crippen molar-refractivity contribution in [1.82, 2.24) is 20.2 Å². The van der Waals surface area contributed by atoms with Gasteiger partial charge in [-0.15, -0.1) is 0 Å². The Morgan fingerprint density at radius 3 is 3.12 bits per heavy atom. The highest BCUT2D eigenvalue weighted by Gasteiger charge is 2.18. The van der Waals surface area contributed by atoms with Crippen LogP contribution >= 0.6 is 0 Å². The fraction of sp³-hybridized carbons (Fsp3) is 0.667. The number of nitrogens with zero attached hydrogens (tertiary/aromatic N) is 2. The number of rotatable bonds is 3. The van der Waals surface area contributed by atoms with Gasteiger partial charge in [0.25, 0.3) is 5.91 Å². The van der Waals surface area contributed by atoms with Gasteiger partial charge >= 0.3 is 0 Å². The van der Waals surface area contributed by atoms with Crippen molar-refractivity contribution in [1.29, 1.82) is 0 Å². The van der Waals surface area contributed by atoms with Crippen LogP contribution in [0, 0.1) is 0 Å². The summed E-state index contributed by atoms with van der Waals surface area (Å²) in [4.78, 5) is 15.8. The van der Waals surface area contributed by atoms with Crippen LogP contribution in [0.2, 0.25) is 0 Å². The summed E-state index contributed by atoms with van der Waals surface area (Å²) >= 11 is 0. The smallest absolute Gasteiger partial charge is 0.269 e. The predicted octanol–water partition coefficient (Wildman–Crippen LogP) is 0.680. The van der Waals surface area contributed by atoms with E-state index in [0.29, 0.717) is 24.3 Å². The van der Waals surface area contributed by atoms with Gasteiger partial charge in [-0.05, 0) is 19.8 Å². The van der Waals surface area contributed by atoms with Crippen molar-refractivity contribution < 1.29 is 4.79 Å². The zero-order chi connectivity index (χ0) is 12.3.